The van der Waals surface area contributed by atoms with Crippen LogP contribution < -0.4 is 0 Å². The van der Waals surface area contributed by atoms with E-state index in [1.807, 2.05) is 18.2 Å². The van der Waals surface area contributed by atoms with Gasteiger partial charge in [0.1, 0.15) is 0 Å². The van der Waals surface area contributed by atoms with Crippen LogP contribution in [0.3, 0.4) is 0 Å². The molecule has 2 bridgehead atoms. The van der Waals surface area contributed by atoms with Gasteiger partial charge in [-0.15, -0.1) is 0 Å². The number of nitrogens with zero attached hydrogens (tertiary/aromatic N) is 2. The number of aliphatic hydroxyl groups excluding tert-OH is 1. The second kappa shape index (κ2) is 4.42. The van der Waals surface area contributed by atoms with Crippen LogP contribution in [0.4, 0.5) is 0 Å². The molecule has 1 N–H and O–H groups in total. The fourth-order valence-electron chi connectivity index (χ4n) is 2.72. The van der Waals surface area contributed by atoms with Crippen molar-refractivity contribution in [3.05, 3.63) is 34.2 Å². The summed E-state index contributed by atoms with van der Waals surface area (Å²) in [5.74, 6) is 0.439. The van der Waals surface area contributed by atoms with Crippen LogP contribution in [0.15, 0.2) is 28.5 Å². The van der Waals surface area contributed by atoms with E-state index in [-0.39, 0.29) is 6.10 Å². The highest BCUT2D eigenvalue weighted by molar-refractivity contribution is 9.10. The first kappa shape index (κ1) is 11.2. The monoisotopic (exact) mass is 294 g/mol. The van der Waals surface area contributed by atoms with Crippen LogP contribution in [0.25, 0.3) is 6.08 Å². The minimum atomic E-state index is -0.314. The molecule has 0 spiro atoms. The van der Waals surface area contributed by atoms with Gasteiger partial charge in [-0.1, -0.05) is 0 Å². The quantitative estimate of drug-likeness (QED) is 0.863. The van der Waals surface area contributed by atoms with Crippen LogP contribution in [0.1, 0.15) is 18.5 Å². The molecule has 1 aromatic heterocycles. The smallest absolute Gasteiger partial charge is 0.0966 e. The predicted molar refractivity (Wildman–Crippen MR) is 70.2 cm³/mol. The van der Waals surface area contributed by atoms with E-state index in [1.165, 1.54) is 0 Å². The highest BCUT2D eigenvalue weighted by atomic mass is 79.9. The van der Waals surface area contributed by atoms with Gasteiger partial charge in [0.2, 0.25) is 0 Å². The molecule has 3 aliphatic heterocycles. The maximum atomic E-state index is 10.3. The summed E-state index contributed by atoms with van der Waals surface area (Å²) in [5, 5.41) is 10.3. The average Bonchev–Trinajstić information content (AvgIpc) is 2.36. The van der Waals surface area contributed by atoms with Crippen LogP contribution in [0.2, 0.25) is 0 Å². The molecule has 3 saturated heterocycles. The molecule has 0 aromatic carbocycles. The number of hydrogen-bond acceptors (Lipinski definition) is 3. The molecular formula is C13H15BrN2O. The molecule has 4 rings (SSSR count). The Kier molecular flexibility index (Phi) is 2.92. The van der Waals surface area contributed by atoms with Gasteiger partial charge in [0, 0.05) is 29.5 Å². The van der Waals surface area contributed by atoms with E-state index in [2.05, 4.69) is 25.8 Å². The highest BCUT2D eigenvalue weighted by Crippen LogP contribution is 2.35. The van der Waals surface area contributed by atoms with Gasteiger partial charge in [-0.2, -0.15) is 0 Å². The van der Waals surface area contributed by atoms with E-state index in [0.29, 0.717) is 5.92 Å². The Morgan fingerprint density at radius 1 is 1.41 bits per heavy atom. The lowest BCUT2D eigenvalue weighted by molar-refractivity contribution is 0.0214. The van der Waals surface area contributed by atoms with E-state index in [0.717, 1.165) is 41.8 Å². The fourth-order valence-corrected chi connectivity index (χ4v) is 3.09. The molecule has 0 saturated carbocycles. The lowest BCUT2D eigenvalue weighted by atomic mass is 9.83. The largest absolute Gasteiger partial charge is 0.387 e. The Morgan fingerprint density at radius 3 is 2.82 bits per heavy atom. The second-order valence-corrected chi connectivity index (χ2v) is 5.56. The predicted octanol–water partition coefficient (Wildman–Crippen LogP) is 2.27. The number of piperidine rings is 3. The van der Waals surface area contributed by atoms with Gasteiger partial charge in [0.25, 0.3) is 0 Å². The van der Waals surface area contributed by atoms with Crippen molar-refractivity contribution in [1.82, 2.24) is 9.88 Å². The van der Waals surface area contributed by atoms with Gasteiger partial charge < -0.3 is 10.0 Å². The number of rotatable bonds is 1. The Bertz CT molecular complexity index is 448. The maximum absolute atomic E-state index is 10.3. The summed E-state index contributed by atoms with van der Waals surface area (Å²) in [6, 6.07) is 3.87. The van der Waals surface area contributed by atoms with Gasteiger partial charge in [-0.3, -0.25) is 4.98 Å². The molecular weight excluding hydrogens is 280 g/mol. The minimum Gasteiger partial charge on any atom is -0.387 e. The summed E-state index contributed by atoms with van der Waals surface area (Å²) in [5.41, 5.74) is 1.93. The normalized spacial score (nSPS) is 30.0. The van der Waals surface area contributed by atoms with Crippen molar-refractivity contribution in [3.63, 3.8) is 0 Å². The first-order valence-corrected chi connectivity index (χ1v) is 6.80. The first-order valence-electron chi connectivity index (χ1n) is 6.01. The summed E-state index contributed by atoms with van der Waals surface area (Å²) in [7, 11) is 0. The van der Waals surface area contributed by atoms with Gasteiger partial charge in [0.05, 0.1) is 11.8 Å². The molecule has 1 aromatic rings. The molecule has 4 heteroatoms. The second-order valence-electron chi connectivity index (χ2n) is 4.71. The number of pyridine rings is 1. The lowest BCUT2D eigenvalue weighted by Gasteiger charge is -2.45. The summed E-state index contributed by atoms with van der Waals surface area (Å²) >= 11 is 3.49. The third kappa shape index (κ3) is 2.00. The standard InChI is InChI=1S/C13H15BrN2O/c14-10-2-1-5-15-11(10)8-12-13(17)9-3-6-16(12)7-4-9/h1-2,5,8-9,13,17H,3-4,6-7H2/b12-8-. The van der Waals surface area contributed by atoms with Crippen molar-refractivity contribution in [1.29, 1.82) is 0 Å². The van der Waals surface area contributed by atoms with Crippen LogP contribution in [-0.2, 0) is 0 Å². The third-order valence-corrected chi connectivity index (χ3v) is 4.40. The maximum Gasteiger partial charge on any atom is 0.0966 e. The zero-order valence-corrected chi connectivity index (χ0v) is 11.1. The number of hydrogen-bond donors (Lipinski definition) is 1. The van der Waals surface area contributed by atoms with Gasteiger partial charge in [0.15, 0.2) is 0 Å². The molecule has 0 amide bonds. The average molecular weight is 295 g/mol. The van der Waals surface area contributed by atoms with Gasteiger partial charge >= 0.3 is 0 Å². The molecule has 3 nitrogen and oxygen atoms in total. The molecule has 1 unspecified atom stereocenters. The van der Waals surface area contributed by atoms with Crippen LogP contribution in [-0.4, -0.2) is 34.2 Å². The summed E-state index contributed by atoms with van der Waals surface area (Å²) in [6.07, 6.45) is 5.70. The van der Waals surface area contributed by atoms with Crippen molar-refractivity contribution in [2.45, 2.75) is 18.9 Å². The van der Waals surface area contributed by atoms with Gasteiger partial charge in [-0.05, 0) is 52.9 Å². The van der Waals surface area contributed by atoms with Crippen LogP contribution in [0, 0.1) is 5.92 Å². The fraction of sp³-hybridized carbons (Fsp3) is 0.462. The van der Waals surface area contributed by atoms with Crippen LogP contribution >= 0.6 is 15.9 Å². The van der Waals surface area contributed by atoms with E-state index in [4.69, 9.17) is 0 Å². The third-order valence-electron chi connectivity index (χ3n) is 3.73. The van der Waals surface area contributed by atoms with Crippen molar-refractivity contribution in [2.24, 2.45) is 5.92 Å². The Labute approximate surface area is 109 Å². The zero-order chi connectivity index (χ0) is 11.8. The number of aromatic nitrogens is 1. The van der Waals surface area contributed by atoms with Crippen molar-refractivity contribution >= 4 is 22.0 Å². The highest BCUT2D eigenvalue weighted by Gasteiger charge is 2.36. The molecule has 4 heterocycles. The Balaban J connectivity index is 1.96. The van der Waals surface area contributed by atoms with Gasteiger partial charge in [-0.25, -0.2) is 0 Å². The number of aliphatic hydroxyl groups is 1. The lowest BCUT2D eigenvalue weighted by Crippen LogP contribution is -2.48. The first-order chi connectivity index (χ1) is 8.25. The molecule has 1 atom stereocenters. The molecule has 3 aliphatic rings. The molecule has 0 aliphatic carbocycles. The zero-order valence-electron chi connectivity index (χ0n) is 9.51. The number of halogens is 1. The molecule has 0 radical (unpaired) electrons. The summed E-state index contributed by atoms with van der Waals surface area (Å²) in [6.45, 7) is 2.13. The Morgan fingerprint density at radius 2 is 2.18 bits per heavy atom. The summed E-state index contributed by atoms with van der Waals surface area (Å²) < 4.78 is 0.974. The topological polar surface area (TPSA) is 36.4 Å². The van der Waals surface area contributed by atoms with Crippen molar-refractivity contribution in [2.75, 3.05) is 13.1 Å². The van der Waals surface area contributed by atoms with Crippen molar-refractivity contribution in [3.8, 4) is 0 Å². The van der Waals surface area contributed by atoms with E-state index < -0.39 is 0 Å². The molecule has 90 valence electrons. The molecule has 3 fully saturated rings. The van der Waals surface area contributed by atoms with Crippen LogP contribution in [0.5, 0.6) is 0 Å². The van der Waals surface area contributed by atoms with Crippen molar-refractivity contribution < 1.29 is 5.11 Å². The molecule has 17 heavy (non-hydrogen) atoms. The number of fused-ring (bicyclic) bond motifs is 3. The van der Waals surface area contributed by atoms with E-state index in [9.17, 15) is 5.11 Å². The SMILES string of the molecule is OC1/C(=C/c2ncccc2Br)N2CCC1CC2. The summed E-state index contributed by atoms with van der Waals surface area (Å²) in [4.78, 5) is 6.61. The van der Waals surface area contributed by atoms with E-state index in [1.54, 1.807) is 6.20 Å². The minimum absolute atomic E-state index is 0.314. The van der Waals surface area contributed by atoms with E-state index >= 15 is 0 Å². The Hall–Kier alpha value is -0.870.